The summed E-state index contributed by atoms with van der Waals surface area (Å²) in [6, 6.07) is 6.31. The highest BCUT2D eigenvalue weighted by Gasteiger charge is 2.23. The molecule has 0 saturated heterocycles. The third-order valence-corrected chi connectivity index (χ3v) is 5.65. The van der Waals surface area contributed by atoms with Crippen LogP contribution in [0.5, 0.6) is 0 Å². The lowest BCUT2D eigenvalue weighted by Gasteiger charge is -2.11. The maximum absolute atomic E-state index is 11.8. The first-order chi connectivity index (χ1) is 10.7. The van der Waals surface area contributed by atoms with Crippen LogP contribution in [0.2, 0.25) is 0 Å². The second kappa shape index (κ2) is 5.06. The van der Waals surface area contributed by atoms with E-state index in [2.05, 4.69) is 36.4 Å². The predicted octanol–water partition coefficient (Wildman–Crippen LogP) is 4.37. The van der Waals surface area contributed by atoms with Crippen LogP contribution < -0.4 is 0 Å². The van der Waals surface area contributed by atoms with Crippen molar-refractivity contribution in [2.75, 3.05) is 0 Å². The van der Waals surface area contributed by atoms with E-state index >= 15 is 0 Å². The molecule has 0 fully saturated rings. The minimum absolute atomic E-state index is 0.710. The smallest absolute Gasteiger partial charge is 0.195 e. The van der Waals surface area contributed by atoms with Crippen molar-refractivity contribution in [2.45, 2.75) is 39.5 Å². The van der Waals surface area contributed by atoms with Gasteiger partial charge in [0.2, 0.25) is 0 Å². The molecule has 0 saturated carbocycles. The largest absolute Gasteiger partial charge is 0.296 e. The molecule has 4 rings (SSSR count). The number of rotatable bonds is 2. The zero-order chi connectivity index (χ0) is 15.3. The Labute approximate surface area is 133 Å². The average molecular weight is 310 g/mol. The first-order valence-corrected chi connectivity index (χ1v) is 8.56. The number of aldehydes is 1. The molecule has 1 aliphatic rings. The standard InChI is InChI=1S/C18H18N2OS/c1-11-7-8-13(12(2)9-11)17-15(10-21)20-14-5-3-4-6-16(14)22-18(20)19-17/h7-10H,3-6H2,1-2H3. The topological polar surface area (TPSA) is 34.4 Å². The molecule has 2 aromatic heterocycles. The summed E-state index contributed by atoms with van der Waals surface area (Å²) in [4.78, 5) is 18.9. The number of nitrogens with zero attached hydrogens (tertiary/aromatic N) is 2. The monoisotopic (exact) mass is 310 g/mol. The summed E-state index contributed by atoms with van der Waals surface area (Å²) < 4.78 is 2.10. The molecule has 0 amide bonds. The van der Waals surface area contributed by atoms with Crippen LogP contribution in [-0.4, -0.2) is 15.7 Å². The highest BCUT2D eigenvalue weighted by atomic mass is 32.1. The molecule has 2 heterocycles. The zero-order valence-corrected chi connectivity index (χ0v) is 13.7. The van der Waals surface area contributed by atoms with Crippen molar-refractivity contribution >= 4 is 22.6 Å². The highest BCUT2D eigenvalue weighted by molar-refractivity contribution is 7.17. The zero-order valence-electron chi connectivity index (χ0n) is 12.8. The van der Waals surface area contributed by atoms with E-state index in [1.165, 1.54) is 34.5 Å². The van der Waals surface area contributed by atoms with Gasteiger partial charge in [0.1, 0.15) is 11.4 Å². The number of imidazole rings is 1. The van der Waals surface area contributed by atoms with E-state index in [9.17, 15) is 4.79 Å². The van der Waals surface area contributed by atoms with Crippen LogP contribution in [-0.2, 0) is 12.8 Å². The quantitative estimate of drug-likeness (QED) is 0.659. The minimum atomic E-state index is 0.710. The van der Waals surface area contributed by atoms with E-state index in [-0.39, 0.29) is 0 Å². The Morgan fingerprint density at radius 2 is 2.05 bits per heavy atom. The number of thiazole rings is 1. The van der Waals surface area contributed by atoms with Crippen molar-refractivity contribution in [3.63, 3.8) is 0 Å². The summed E-state index contributed by atoms with van der Waals surface area (Å²) in [6.45, 7) is 4.17. The van der Waals surface area contributed by atoms with Crippen LogP contribution in [0.4, 0.5) is 0 Å². The lowest BCUT2D eigenvalue weighted by atomic mass is 10.0. The highest BCUT2D eigenvalue weighted by Crippen LogP contribution is 2.35. The van der Waals surface area contributed by atoms with E-state index in [0.717, 1.165) is 35.3 Å². The van der Waals surface area contributed by atoms with Gasteiger partial charge in [-0.15, -0.1) is 11.3 Å². The summed E-state index contributed by atoms with van der Waals surface area (Å²) in [5.74, 6) is 0. The summed E-state index contributed by atoms with van der Waals surface area (Å²) in [7, 11) is 0. The van der Waals surface area contributed by atoms with Gasteiger partial charge in [-0.1, -0.05) is 23.8 Å². The maximum Gasteiger partial charge on any atom is 0.195 e. The third-order valence-electron chi connectivity index (χ3n) is 4.50. The molecule has 0 radical (unpaired) electrons. The lowest BCUT2D eigenvalue weighted by molar-refractivity contribution is 0.111. The Balaban J connectivity index is 1.99. The molecule has 0 atom stereocenters. The van der Waals surface area contributed by atoms with Crippen LogP contribution in [0.15, 0.2) is 18.2 Å². The Kier molecular flexibility index (Phi) is 3.15. The third kappa shape index (κ3) is 1.94. The van der Waals surface area contributed by atoms with Gasteiger partial charge in [-0.05, 0) is 45.1 Å². The number of fused-ring (bicyclic) bond motifs is 3. The van der Waals surface area contributed by atoms with Crippen LogP contribution in [0.25, 0.3) is 16.2 Å². The van der Waals surface area contributed by atoms with Gasteiger partial charge in [0.05, 0.1) is 0 Å². The van der Waals surface area contributed by atoms with Crippen LogP contribution >= 0.6 is 11.3 Å². The lowest BCUT2D eigenvalue weighted by Crippen LogP contribution is -2.05. The molecule has 4 heteroatoms. The van der Waals surface area contributed by atoms with Gasteiger partial charge in [0, 0.05) is 16.1 Å². The minimum Gasteiger partial charge on any atom is -0.296 e. The Morgan fingerprint density at radius 1 is 1.23 bits per heavy atom. The average Bonchev–Trinajstić information content (AvgIpc) is 3.02. The first-order valence-electron chi connectivity index (χ1n) is 7.75. The summed E-state index contributed by atoms with van der Waals surface area (Å²) in [6.07, 6.45) is 5.60. The van der Waals surface area contributed by atoms with Gasteiger partial charge in [-0.2, -0.15) is 0 Å². The van der Waals surface area contributed by atoms with E-state index in [4.69, 9.17) is 4.98 Å². The van der Waals surface area contributed by atoms with Crippen molar-refractivity contribution < 1.29 is 4.79 Å². The Hall–Kier alpha value is -1.94. The number of aryl methyl sites for hydroxylation is 4. The van der Waals surface area contributed by atoms with Crippen molar-refractivity contribution in [1.82, 2.24) is 9.38 Å². The fourth-order valence-corrected chi connectivity index (χ4v) is 4.66. The summed E-state index contributed by atoms with van der Waals surface area (Å²) >= 11 is 1.75. The van der Waals surface area contributed by atoms with Crippen LogP contribution in [0.3, 0.4) is 0 Å². The molecule has 1 aromatic carbocycles. The molecule has 0 spiro atoms. The second-order valence-electron chi connectivity index (χ2n) is 6.08. The Morgan fingerprint density at radius 3 is 2.82 bits per heavy atom. The van der Waals surface area contributed by atoms with E-state index in [0.29, 0.717) is 5.69 Å². The van der Waals surface area contributed by atoms with Crippen LogP contribution in [0, 0.1) is 13.8 Å². The van der Waals surface area contributed by atoms with Gasteiger partial charge >= 0.3 is 0 Å². The summed E-state index contributed by atoms with van der Waals surface area (Å²) in [5.41, 5.74) is 6.30. The molecule has 0 unspecified atom stereocenters. The van der Waals surface area contributed by atoms with E-state index < -0.39 is 0 Å². The van der Waals surface area contributed by atoms with Crippen molar-refractivity contribution in [1.29, 1.82) is 0 Å². The molecular formula is C18H18N2OS. The van der Waals surface area contributed by atoms with Gasteiger partial charge in [0.15, 0.2) is 11.2 Å². The first kappa shape index (κ1) is 13.7. The molecule has 3 aromatic rings. The molecule has 22 heavy (non-hydrogen) atoms. The molecule has 0 bridgehead atoms. The van der Waals surface area contributed by atoms with Gasteiger partial charge in [-0.3, -0.25) is 9.20 Å². The van der Waals surface area contributed by atoms with Crippen molar-refractivity contribution in [3.8, 4) is 11.3 Å². The van der Waals surface area contributed by atoms with E-state index in [1.54, 1.807) is 11.3 Å². The number of hydrogen-bond donors (Lipinski definition) is 0. The molecule has 0 N–H and O–H groups in total. The Bertz CT molecular complexity index is 888. The van der Waals surface area contributed by atoms with Crippen molar-refractivity contribution in [3.05, 3.63) is 45.6 Å². The molecule has 0 aliphatic heterocycles. The predicted molar refractivity (Wildman–Crippen MR) is 90.0 cm³/mol. The molecule has 112 valence electrons. The number of aromatic nitrogens is 2. The van der Waals surface area contributed by atoms with Gasteiger partial charge < -0.3 is 0 Å². The number of carbonyl (C=O) groups is 1. The molecular weight excluding hydrogens is 292 g/mol. The van der Waals surface area contributed by atoms with Gasteiger partial charge in [0.25, 0.3) is 0 Å². The summed E-state index contributed by atoms with van der Waals surface area (Å²) in [5, 5.41) is 0. The van der Waals surface area contributed by atoms with Crippen molar-refractivity contribution in [2.24, 2.45) is 0 Å². The fraction of sp³-hybridized carbons (Fsp3) is 0.333. The SMILES string of the molecule is Cc1ccc(-c2nc3sc4c(n3c2C=O)CCCC4)c(C)c1. The number of carbonyl (C=O) groups excluding carboxylic acids is 1. The van der Waals surface area contributed by atoms with Crippen LogP contribution in [0.1, 0.15) is 45.0 Å². The fourth-order valence-electron chi connectivity index (χ4n) is 3.45. The maximum atomic E-state index is 11.8. The number of hydrogen-bond acceptors (Lipinski definition) is 3. The van der Waals surface area contributed by atoms with E-state index in [1.807, 2.05) is 0 Å². The molecule has 1 aliphatic carbocycles. The normalized spacial score (nSPS) is 14.3. The molecule has 3 nitrogen and oxygen atoms in total. The van der Waals surface area contributed by atoms with Gasteiger partial charge in [-0.25, -0.2) is 4.98 Å². The number of benzene rings is 1. The second-order valence-corrected chi connectivity index (χ2v) is 7.14.